The maximum absolute atomic E-state index is 11.9. The van der Waals surface area contributed by atoms with Crippen molar-refractivity contribution in [3.8, 4) is 5.75 Å². The van der Waals surface area contributed by atoms with Crippen LogP contribution < -0.4 is 5.32 Å². The zero-order valence-corrected chi connectivity index (χ0v) is 13.1. The van der Waals surface area contributed by atoms with Gasteiger partial charge < -0.3 is 10.4 Å². The Labute approximate surface area is 125 Å². The van der Waals surface area contributed by atoms with Gasteiger partial charge in [0.15, 0.2) is 0 Å². The number of phenols is 1. The van der Waals surface area contributed by atoms with Crippen molar-refractivity contribution >= 4 is 39.3 Å². The van der Waals surface area contributed by atoms with Crippen LogP contribution in [0.15, 0.2) is 22.7 Å². The van der Waals surface area contributed by atoms with Gasteiger partial charge in [-0.2, -0.15) is 11.8 Å². The normalized spacial score (nSPS) is 18.8. The van der Waals surface area contributed by atoms with Crippen molar-refractivity contribution in [1.29, 1.82) is 0 Å². The minimum absolute atomic E-state index is 0.0711. The number of hydrogen-bond donors (Lipinski definition) is 2. The number of aromatic hydroxyl groups is 1. The molecule has 1 aromatic rings. The highest BCUT2D eigenvalue weighted by atomic mass is 79.9. The summed E-state index contributed by atoms with van der Waals surface area (Å²) in [5.74, 6) is 2.23. The van der Waals surface area contributed by atoms with Gasteiger partial charge in [-0.3, -0.25) is 9.69 Å². The largest absolute Gasteiger partial charge is 0.506 e. The molecule has 2 N–H and O–H groups in total. The molecule has 6 heteroatoms. The SMILES string of the molecule is CN(CC(=O)Nc1ccc(Br)cc1O)[C@@H]1CCSC1. The summed E-state index contributed by atoms with van der Waals surface area (Å²) >= 11 is 5.19. The molecule has 0 bridgehead atoms. The first-order valence-corrected chi connectivity index (χ1v) is 8.07. The summed E-state index contributed by atoms with van der Waals surface area (Å²) in [5, 5.41) is 12.5. The molecule has 1 aromatic carbocycles. The van der Waals surface area contributed by atoms with Gasteiger partial charge in [0, 0.05) is 16.3 Å². The monoisotopic (exact) mass is 344 g/mol. The van der Waals surface area contributed by atoms with E-state index < -0.39 is 0 Å². The van der Waals surface area contributed by atoms with Crippen LogP contribution in [0.25, 0.3) is 0 Å². The molecule has 0 spiro atoms. The van der Waals surface area contributed by atoms with Crippen molar-refractivity contribution in [3.63, 3.8) is 0 Å². The second-order valence-corrected chi connectivity index (χ2v) is 6.71. The molecule has 2 rings (SSSR count). The highest BCUT2D eigenvalue weighted by Gasteiger charge is 2.21. The second kappa shape index (κ2) is 6.63. The molecule has 0 aliphatic carbocycles. The maximum atomic E-state index is 11.9. The number of rotatable bonds is 4. The molecule has 1 atom stereocenters. The van der Waals surface area contributed by atoms with E-state index in [0.717, 1.165) is 16.6 Å². The van der Waals surface area contributed by atoms with E-state index >= 15 is 0 Å². The van der Waals surface area contributed by atoms with Gasteiger partial charge >= 0.3 is 0 Å². The Morgan fingerprint density at radius 2 is 2.42 bits per heavy atom. The third-order valence-corrected chi connectivity index (χ3v) is 4.79. The first kappa shape index (κ1) is 14.7. The first-order valence-electron chi connectivity index (χ1n) is 6.12. The van der Waals surface area contributed by atoms with E-state index in [9.17, 15) is 9.90 Å². The van der Waals surface area contributed by atoms with Gasteiger partial charge in [0.1, 0.15) is 5.75 Å². The quantitative estimate of drug-likeness (QED) is 0.824. The number of benzene rings is 1. The van der Waals surface area contributed by atoms with Gasteiger partial charge in [0.05, 0.1) is 12.2 Å². The smallest absolute Gasteiger partial charge is 0.238 e. The van der Waals surface area contributed by atoms with Gasteiger partial charge in [-0.1, -0.05) is 15.9 Å². The van der Waals surface area contributed by atoms with Gasteiger partial charge in [-0.15, -0.1) is 0 Å². The number of amides is 1. The highest BCUT2D eigenvalue weighted by Crippen LogP contribution is 2.27. The van der Waals surface area contributed by atoms with Crippen molar-refractivity contribution in [2.24, 2.45) is 0 Å². The zero-order chi connectivity index (χ0) is 13.8. The molecular weight excluding hydrogens is 328 g/mol. The molecule has 1 saturated heterocycles. The summed E-state index contributed by atoms with van der Waals surface area (Å²) in [4.78, 5) is 14.0. The predicted molar refractivity (Wildman–Crippen MR) is 82.8 cm³/mol. The Hall–Kier alpha value is -0.720. The fourth-order valence-corrected chi connectivity index (χ4v) is 3.67. The van der Waals surface area contributed by atoms with Crippen molar-refractivity contribution in [2.45, 2.75) is 12.5 Å². The van der Waals surface area contributed by atoms with Crippen molar-refractivity contribution < 1.29 is 9.90 Å². The van der Waals surface area contributed by atoms with E-state index in [1.807, 2.05) is 18.8 Å². The number of hydrogen-bond acceptors (Lipinski definition) is 4. The van der Waals surface area contributed by atoms with E-state index in [-0.39, 0.29) is 11.7 Å². The Balaban J connectivity index is 1.89. The summed E-state index contributed by atoms with van der Waals surface area (Å²) in [7, 11) is 1.97. The average Bonchev–Trinajstić information content (AvgIpc) is 2.86. The van der Waals surface area contributed by atoms with Crippen LogP contribution in [-0.4, -0.2) is 47.1 Å². The highest BCUT2D eigenvalue weighted by molar-refractivity contribution is 9.10. The standard InChI is InChI=1S/C13H17BrN2O2S/c1-16(10-4-5-19-8-10)7-13(18)15-11-3-2-9(14)6-12(11)17/h2-3,6,10,17H,4-5,7-8H2,1H3,(H,15,18)/t10-/m1/s1. The average molecular weight is 345 g/mol. The number of nitrogens with zero attached hydrogens (tertiary/aromatic N) is 1. The minimum Gasteiger partial charge on any atom is -0.506 e. The fraction of sp³-hybridized carbons (Fsp3) is 0.462. The van der Waals surface area contributed by atoms with Crippen LogP contribution in [0, 0.1) is 0 Å². The number of carbonyl (C=O) groups is 1. The molecule has 1 fully saturated rings. The topological polar surface area (TPSA) is 52.6 Å². The fourth-order valence-electron chi connectivity index (χ4n) is 2.03. The number of carbonyl (C=O) groups excluding carboxylic acids is 1. The summed E-state index contributed by atoms with van der Waals surface area (Å²) in [6.45, 7) is 0.348. The maximum Gasteiger partial charge on any atom is 0.238 e. The summed E-state index contributed by atoms with van der Waals surface area (Å²) < 4.78 is 0.781. The number of thioether (sulfide) groups is 1. The van der Waals surface area contributed by atoms with Crippen LogP contribution in [0.4, 0.5) is 5.69 Å². The molecule has 0 saturated carbocycles. The zero-order valence-electron chi connectivity index (χ0n) is 10.7. The van der Waals surface area contributed by atoms with Crippen molar-refractivity contribution in [2.75, 3.05) is 30.4 Å². The van der Waals surface area contributed by atoms with Gasteiger partial charge in [0.25, 0.3) is 0 Å². The lowest BCUT2D eigenvalue weighted by atomic mass is 10.2. The molecule has 1 heterocycles. The Bertz CT molecular complexity index is 464. The van der Waals surface area contributed by atoms with Crippen LogP contribution in [0.3, 0.4) is 0 Å². The van der Waals surface area contributed by atoms with Crippen LogP contribution >= 0.6 is 27.7 Å². The number of nitrogens with one attached hydrogen (secondary N) is 1. The Morgan fingerprint density at radius 3 is 3.05 bits per heavy atom. The van der Waals surface area contributed by atoms with Gasteiger partial charge in [0.2, 0.25) is 5.91 Å². The van der Waals surface area contributed by atoms with E-state index in [0.29, 0.717) is 18.3 Å². The Kier molecular flexibility index (Phi) is 5.13. The van der Waals surface area contributed by atoms with Gasteiger partial charge in [-0.25, -0.2) is 0 Å². The van der Waals surface area contributed by atoms with E-state index in [1.54, 1.807) is 18.2 Å². The number of likely N-dealkylation sites (N-methyl/N-ethyl adjacent to an activating group) is 1. The lowest BCUT2D eigenvalue weighted by Gasteiger charge is -2.22. The van der Waals surface area contributed by atoms with Crippen LogP contribution in [0.5, 0.6) is 5.75 Å². The lowest BCUT2D eigenvalue weighted by molar-refractivity contribution is -0.117. The summed E-state index contributed by atoms with van der Waals surface area (Å²) in [6, 6.07) is 5.51. The van der Waals surface area contributed by atoms with Crippen molar-refractivity contribution in [3.05, 3.63) is 22.7 Å². The van der Waals surface area contributed by atoms with Crippen LogP contribution in [0.2, 0.25) is 0 Å². The van der Waals surface area contributed by atoms with Crippen LogP contribution in [-0.2, 0) is 4.79 Å². The first-order chi connectivity index (χ1) is 9.06. The summed E-state index contributed by atoms with van der Waals surface area (Å²) in [6.07, 6.45) is 1.14. The molecule has 1 aliphatic heterocycles. The summed E-state index contributed by atoms with van der Waals surface area (Å²) in [5.41, 5.74) is 0.447. The molecule has 4 nitrogen and oxygen atoms in total. The van der Waals surface area contributed by atoms with E-state index in [1.165, 1.54) is 5.75 Å². The molecule has 0 aromatic heterocycles. The number of anilines is 1. The Morgan fingerprint density at radius 1 is 1.63 bits per heavy atom. The second-order valence-electron chi connectivity index (χ2n) is 4.64. The molecule has 1 aliphatic rings. The number of phenolic OH excluding ortho intramolecular Hbond substituents is 1. The lowest BCUT2D eigenvalue weighted by Crippen LogP contribution is -2.38. The molecular formula is C13H17BrN2O2S. The third kappa shape index (κ3) is 4.12. The van der Waals surface area contributed by atoms with Crippen LogP contribution in [0.1, 0.15) is 6.42 Å². The molecule has 0 radical (unpaired) electrons. The minimum atomic E-state index is -0.1000. The molecule has 104 valence electrons. The number of halogens is 1. The molecule has 19 heavy (non-hydrogen) atoms. The van der Waals surface area contributed by atoms with E-state index in [2.05, 4.69) is 26.1 Å². The van der Waals surface area contributed by atoms with E-state index in [4.69, 9.17) is 0 Å². The van der Waals surface area contributed by atoms with Gasteiger partial charge in [-0.05, 0) is 37.4 Å². The van der Waals surface area contributed by atoms with Crippen molar-refractivity contribution in [1.82, 2.24) is 4.90 Å². The predicted octanol–water partition coefficient (Wildman–Crippen LogP) is 2.53. The molecule has 0 unspecified atom stereocenters. The third-order valence-electron chi connectivity index (χ3n) is 3.16. The molecule has 1 amide bonds.